The Morgan fingerprint density at radius 3 is 2.68 bits per heavy atom. The molecular formula is C16H21N3O3. The molecule has 0 aliphatic carbocycles. The van der Waals surface area contributed by atoms with Crippen molar-refractivity contribution in [3.63, 3.8) is 0 Å². The summed E-state index contributed by atoms with van der Waals surface area (Å²) in [6.07, 6.45) is 1.66. The number of rotatable bonds is 4. The molecule has 1 saturated heterocycles. The first kappa shape index (κ1) is 15.9. The monoisotopic (exact) mass is 303 g/mol. The molecule has 0 saturated carbocycles. The highest BCUT2D eigenvalue weighted by molar-refractivity contribution is 5.90. The van der Waals surface area contributed by atoms with E-state index in [0.717, 1.165) is 18.8 Å². The summed E-state index contributed by atoms with van der Waals surface area (Å²) in [6.45, 7) is 6.80. The predicted octanol–water partition coefficient (Wildman–Crippen LogP) is 1.49. The number of esters is 1. The van der Waals surface area contributed by atoms with E-state index in [1.165, 1.54) is 7.11 Å². The third kappa shape index (κ3) is 3.78. The summed E-state index contributed by atoms with van der Waals surface area (Å²) >= 11 is 0. The molecule has 6 heteroatoms. The Kier molecular flexibility index (Phi) is 5.41. The van der Waals surface area contributed by atoms with Crippen molar-refractivity contribution in [3.8, 4) is 0 Å². The maximum absolute atomic E-state index is 11.9. The average Bonchev–Trinajstić information content (AvgIpc) is 2.59. The Bertz CT molecular complexity index is 551. The zero-order valence-corrected chi connectivity index (χ0v) is 12.7. The summed E-state index contributed by atoms with van der Waals surface area (Å²) in [5, 5.41) is 2.78. The molecular weight excluding hydrogens is 282 g/mol. The number of benzene rings is 1. The molecule has 1 aliphatic heterocycles. The summed E-state index contributed by atoms with van der Waals surface area (Å²) in [7, 11) is 1.37. The molecule has 0 aromatic heterocycles. The number of ether oxygens (including phenoxy) is 1. The lowest BCUT2D eigenvalue weighted by Gasteiger charge is -2.36. The van der Waals surface area contributed by atoms with Gasteiger partial charge in [-0.15, -0.1) is 6.58 Å². The molecule has 1 N–H and O–H groups in total. The third-order valence-electron chi connectivity index (χ3n) is 3.60. The maximum Gasteiger partial charge on any atom is 0.337 e. The number of carbonyl (C=O) groups is 2. The van der Waals surface area contributed by atoms with Crippen molar-refractivity contribution in [1.82, 2.24) is 10.2 Å². The number of methoxy groups -OCH3 is 1. The lowest BCUT2D eigenvalue weighted by atomic mass is 10.1. The van der Waals surface area contributed by atoms with Gasteiger partial charge in [0.2, 0.25) is 0 Å². The van der Waals surface area contributed by atoms with E-state index in [2.05, 4.69) is 16.8 Å². The van der Waals surface area contributed by atoms with Crippen LogP contribution in [0.2, 0.25) is 0 Å². The van der Waals surface area contributed by atoms with Gasteiger partial charge in [-0.2, -0.15) is 0 Å². The first-order chi connectivity index (χ1) is 10.7. The van der Waals surface area contributed by atoms with Crippen molar-refractivity contribution in [2.45, 2.75) is 0 Å². The van der Waals surface area contributed by atoms with Crippen molar-refractivity contribution in [3.05, 3.63) is 42.5 Å². The second-order valence-corrected chi connectivity index (χ2v) is 4.99. The van der Waals surface area contributed by atoms with E-state index in [0.29, 0.717) is 25.2 Å². The van der Waals surface area contributed by atoms with Crippen molar-refractivity contribution >= 4 is 17.7 Å². The van der Waals surface area contributed by atoms with Crippen LogP contribution in [-0.2, 0) is 4.74 Å². The summed E-state index contributed by atoms with van der Waals surface area (Å²) in [6, 6.07) is 7.28. The highest BCUT2D eigenvalue weighted by atomic mass is 16.5. The van der Waals surface area contributed by atoms with E-state index in [-0.39, 0.29) is 12.0 Å². The number of nitrogens with zero attached hydrogens (tertiary/aromatic N) is 2. The van der Waals surface area contributed by atoms with E-state index in [9.17, 15) is 9.59 Å². The molecule has 0 spiro atoms. The molecule has 118 valence electrons. The minimum atomic E-state index is -0.343. The summed E-state index contributed by atoms with van der Waals surface area (Å²) < 4.78 is 4.74. The SMILES string of the molecule is C=CCNC(=O)N1CCN(c2cccc(C(=O)OC)c2)CC1. The number of amides is 2. The minimum absolute atomic E-state index is 0.0668. The number of urea groups is 1. The Hall–Kier alpha value is -2.50. The molecule has 22 heavy (non-hydrogen) atoms. The van der Waals surface area contributed by atoms with Gasteiger partial charge in [0.25, 0.3) is 0 Å². The van der Waals surface area contributed by atoms with Crippen LogP contribution >= 0.6 is 0 Å². The standard InChI is InChI=1S/C16H21N3O3/c1-3-7-17-16(21)19-10-8-18(9-11-19)14-6-4-5-13(12-14)15(20)22-2/h3-6,12H,1,7-11H2,2H3,(H,17,21). The highest BCUT2D eigenvalue weighted by Gasteiger charge is 2.21. The lowest BCUT2D eigenvalue weighted by Crippen LogP contribution is -2.51. The number of nitrogens with one attached hydrogen (secondary N) is 1. The van der Waals surface area contributed by atoms with Crippen LogP contribution < -0.4 is 10.2 Å². The molecule has 1 aromatic carbocycles. The number of piperazine rings is 1. The molecule has 2 rings (SSSR count). The van der Waals surface area contributed by atoms with Crippen LogP contribution in [0.5, 0.6) is 0 Å². The topological polar surface area (TPSA) is 61.9 Å². The normalized spacial score (nSPS) is 14.4. The van der Waals surface area contributed by atoms with Crippen LogP contribution in [0.3, 0.4) is 0 Å². The Balaban J connectivity index is 1.95. The van der Waals surface area contributed by atoms with Gasteiger partial charge in [0.15, 0.2) is 0 Å². The second kappa shape index (κ2) is 7.49. The van der Waals surface area contributed by atoms with Crippen LogP contribution in [0.25, 0.3) is 0 Å². The van der Waals surface area contributed by atoms with Gasteiger partial charge in [-0.1, -0.05) is 12.1 Å². The molecule has 1 aromatic rings. The van der Waals surface area contributed by atoms with Crippen molar-refractivity contribution in [2.75, 3.05) is 44.7 Å². The van der Waals surface area contributed by atoms with Crippen molar-refractivity contribution < 1.29 is 14.3 Å². The van der Waals surface area contributed by atoms with E-state index >= 15 is 0 Å². The van der Waals surface area contributed by atoms with Gasteiger partial charge in [-0.05, 0) is 18.2 Å². The number of hydrogen-bond acceptors (Lipinski definition) is 4. The van der Waals surface area contributed by atoms with Gasteiger partial charge < -0.3 is 19.9 Å². The fourth-order valence-electron chi connectivity index (χ4n) is 2.39. The summed E-state index contributed by atoms with van der Waals surface area (Å²) in [4.78, 5) is 27.4. The number of anilines is 1. The zero-order valence-electron chi connectivity index (χ0n) is 12.7. The quantitative estimate of drug-likeness (QED) is 0.676. The van der Waals surface area contributed by atoms with Crippen LogP contribution in [0, 0.1) is 0 Å². The van der Waals surface area contributed by atoms with Gasteiger partial charge in [0.05, 0.1) is 12.7 Å². The predicted molar refractivity (Wildman–Crippen MR) is 85.2 cm³/mol. The van der Waals surface area contributed by atoms with E-state index in [1.54, 1.807) is 17.0 Å². The molecule has 1 aliphatic rings. The molecule has 0 unspecified atom stereocenters. The van der Waals surface area contributed by atoms with Gasteiger partial charge in [-0.25, -0.2) is 9.59 Å². The average molecular weight is 303 g/mol. The van der Waals surface area contributed by atoms with Crippen molar-refractivity contribution in [2.24, 2.45) is 0 Å². The Morgan fingerprint density at radius 1 is 1.32 bits per heavy atom. The smallest absolute Gasteiger partial charge is 0.337 e. The van der Waals surface area contributed by atoms with Crippen LogP contribution in [0.15, 0.2) is 36.9 Å². The van der Waals surface area contributed by atoms with Crippen molar-refractivity contribution in [1.29, 1.82) is 0 Å². The van der Waals surface area contributed by atoms with Gasteiger partial charge >= 0.3 is 12.0 Å². The molecule has 6 nitrogen and oxygen atoms in total. The largest absolute Gasteiger partial charge is 0.465 e. The second-order valence-electron chi connectivity index (χ2n) is 4.99. The first-order valence-corrected chi connectivity index (χ1v) is 7.22. The fraction of sp³-hybridized carbons (Fsp3) is 0.375. The van der Waals surface area contributed by atoms with E-state index < -0.39 is 0 Å². The molecule has 1 heterocycles. The summed E-state index contributed by atoms with van der Waals surface area (Å²) in [5.74, 6) is -0.343. The molecule has 0 radical (unpaired) electrons. The fourth-order valence-corrected chi connectivity index (χ4v) is 2.39. The minimum Gasteiger partial charge on any atom is -0.465 e. The molecule has 2 amide bonds. The third-order valence-corrected chi connectivity index (χ3v) is 3.60. The highest BCUT2D eigenvalue weighted by Crippen LogP contribution is 2.18. The molecule has 1 fully saturated rings. The number of hydrogen-bond donors (Lipinski definition) is 1. The first-order valence-electron chi connectivity index (χ1n) is 7.22. The van der Waals surface area contributed by atoms with Crippen LogP contribution in [0.1, 0.15) is 10.4 Å². The van der Waals surface area contributed by atoms with E-state index in [1.807, 2.05) is 18.2 Å². The van der Waals surface area contributed by atoms with Crippen LogP contribution in [-0.4, -0.2) is 56.7 Å². The molecule has 0 atom stereocenters. The van der Waals surface area contributed by atoms with Crippen LogP contribution in [0.4, 0.5) is 10.5 Å². The summed E-state index contributed by atoms with van der Waals surface area (Å²) in [5.41, 5.74) is 1.50. The van der Waals surface area contributed by atoms with Gasteiger partial charge in [0, 0.05) is 38.4 Å². The van der Waals surface area contributed by atoms with Gasteiger partial charge in [-0.3, -0.25) is 0 Å². The van der Waals surface area contributed by atoms with Gasteiger partial charge in [0.1, 0.15) is 0 Å². The molecule has 0 bridgehead atoms. The maximum atomic E-state index is 11.9. The zero-order chi connectivity index (χ0) is 15.9. The number of carbonyl (C=O) groups excluding carboxylic acids is 2. The Morgan fingerprint density at radius 2 is 2.05 bits per heavy atom. The van der Waals surface area contributed by atoms with E-state index in [4.69, 9.17) is 4.74 Å². The lowest BCUT2D eigenvalue weighted by molar-refractivity contribution is 0.0600. The Labute approximate surface area is 130 Å².